The van der Waals surface area contributed by atoms with Crippen molar-refractivity contribution in [1.82, 2.24) is 10.2 Å². The average molecular weight is 354 g/mol. The highest BCUT2D eigenvalue weighted by Gasteiger charge is 2.17. The zero-order valence-corrected chi connectivity index (χ0v) is 14.2. The van der Waals surface area contributed by atoms with Crippen molar-refractivity contribution in [3.8, 4) is 0 Å². The van der Waals surface area contributed by atoms with Gasteiger partial charge in [-0.15, -0.1) is 0 Å². The van der Waals surface area contributed by atoms with Gasteiger partial charge in [0.15, 0.2) is 0 Å². The van der Waals surface area contributed by atoms with Crippen LogP contribution >= 0.6 is 15.9 Å². The molecule has 1 heterocycles. The van der Waals surface area contributed by atoms with E-state index in [1.165, 1.54) is 25.8 Å². The average Bonchev–Trinajstić information content (AvgIpc) is 2.45. The van der Waals surface area contributed by atoms with Crippen molar-refractivity contribution in [2.45, 2.75) is 38.6 Å². The van der Waals surface area contributed by atoms with Gasteiger partial charge in [-0.25, -0.2) is 0 Å². The zero-order chi connectivity index (χ0) is 15.2. The van der Waals surface area contributed by atoms with Crippen LogP contribution in [0.1, 0.15) is 43.0 Å². The summed E-state index contributed by atoms with van der Waals surface area (Å²) in [4.78, 5) is 14.6. The first-order chi connectivity index (χ1) is 10.1. The number of amides is 1. The number of nitrogens with zero attached hydrogens (tertiary/aromatic N) is 1. The molecule has 1 aliphatic heterocycles. The second-order valence-corrected chi connectivity index (χ2v) is 6.64. The lowest BCUT2D eigenvalue weighted by Crippen LogP contribution is -2.39. The Labute approximate surface area is 135 Å². The maximum Gasteiger partial charge on any atom is 0.253 e. The van der Waals surface area contributed by atoms with Crippen molar-refractivity contribution >= 4 is 27.5 Å². The van der Waals surface area contributed by atoms with Gasteiger partial charge < -0.3 is 16.0 Å². The van der Waals surface area contributed by atoms with Crippen LogP contribution in [0.15, 0.2) is 22.7 Å². The number of anilines is 1. The number of carbonyl (C=O) groups is 1. The summed E-state index contributed by atoms with van der Waals surface area (Å²) >= 11 is 3.34. The van der Waals surface area contributed by atoms with Gasteiger partial charge in [0.2, 0.25) is 0 Å². The third kappa shape index (κ3) is 4.71. The van der Waals surface area contributed by atoms with Gasteiger partial charge in [-0.05, 0) is 50.9 Å². The molecule has 0 bridgehead atoms. The summed E-state index contributed by atoms with van der Waals surface area (Å²) in [7, 11) is 0. The lowest BCUT2D eigenvalue weighted by molar-refractivity contribution is 0.0950. The largest absolute Gasteiger partial charge is 0.398 e. The van der Waals surface area contributed by atoms with E-state index in [0.29, 0.717) is 23.8 Å². The van der Waals surface area contributed by atoms with Crippen LogP contribution in [0.5, 0.6) is 0 Å². The summed E-state index contributed by atoms with van der Waals surface area (Å²) in [5, 5.41) is 2.95. The summed E-state index contributed by atoms with van der Waals surface area (Å²) in [5.74, 6) is -0.0910. The van der Waals surface area contributed by atoms with Crippen LogP contribution in [0.3, 0.4) is 0 Å². The minimum atomic E-state index is -0.0910. The number of hydrogen-bond donors (Lipinski definition) is 2. The minimum absolute atomic E-state index is 0.0910. The van der Waals surface area contributed by atoms with E-state index in [1.807, 2.05) is 6.07 Å². The number of carbonyl (C=O) groups excluding carboxylic acids is 1. The van der Waals surface area contributed by atoms with Gasteiger partial charge in [-0.1, -0.05) is 22.4 Å². The Morgan fingerprint density at radius 2 is 2.29 bits per heavy atom. The molecule has 0 aliphatic carbocycles. The minimum Gasteiger partial charge on any atom is -0.398 e. The summed E-state index contributed by atoms with van der Waals surface area (Å²) in [6.45, 7) is 5.23. The Kier molecular flexibility index (Phi) is 6.06. The third-order valence-electron chi connectivity index (χ3n) is 4.11. The van der Waals surface area contributed by atoms with Crippen molar-refractivity contribution in [3.05, 3.63) is 28.2 Å². The van der Waals surface area contributed by atoms with Crippen LogP contribution in [-0.4, -0.2) is 36.5 Å². The Balaban J connectivity index is 1.74. The molecule has 1 aliphatic rings. The van der Waals surface area contributed by atoms with Gasteiger partial charge >= 0.3 is 0 Å². The molecule has 0 aromatic heterocycles. The summed E-state index contributed by atoms with van der Waals surface area (Å²) in [5.41, 5.74) is 6.91. The second kappa shape index (κ2) is 7.80. The first-order valence-corrected chi connectivity index (χ1v) is 8.44. The van der Waals surface area contributed by atoms with Crippen LogP contribution in [0.2, 0.25) is 0 Å². The van der Waals surface area contributed by atoms with Crippen LogP contribution in [0.25, 0.3) is 0 Å². The molecule has 4 nitrogen and oxygen atoms in total. The fourth-order valence-corrected chi connectivity index (χ4v) is 3.19. The maximum atomic E-state index is 12.1. The summed E-state index contributed by atoms with van der Waals surface area (Å²) in [6.07, 6.45) is 4.91. The van der Waals surface area contributed by atoms with E-state index in [9.17, 15) is 4.79 Å². The molecule has 0 saturated carbocycles. The van der Waals surface area contributed by atoms with Crippen molar-refractivity contribution in [2.24, 2.45) is 0 Å². The molecule has 1 aromatic carbocycles. The molecule has 1 aromatic rings. The molecular formula is C16H24BrN3O. The van der Waals surface area contributed by atoms with E-state index >= 15 is 0 Å². The van der Waals surface area contributed by atoms with E-state index in [1.54, 1.807) is 12.1 Å². The number of likely N-dealkylation sites (tertiary alicyclic amines) is 1. The van der Waals surface area contributed by atoms with E-state index in [2.05, 4.69) is 33.1 Å². The number of nitrogens with two attached hydrogens (primary N) is 1. The molecule has 5 heteroatoms. The third-order valence-corrected chi connectivity index (χ3v) is 4.60. The molecule has 1 saturated heterocycles. The number of rotatable bonds is 5. The molecular weight excluding hydrogens is 330 g/mol. The molecule has 116 valence electrons. The SMILES string of the molecule is CC1CCCCN1CCCNC(=O)c1ccc(Br)cc1N. The number of piperidine rings is 1. The first kappa shape index (κ1) is 16.3. The highest BCUT2D eigenvalue weighted by Crippen LogP contribution is 2.18. The molecule has 1 atom stereocenters. The molecule has 0 spiro atoms. The quantitative estimate of drug-likeness (QED) is 0.631. The molecule has 2 rings (SSSR count). The molecule has 1 unspecified atom stereocenters. The van der Waals surface area contributed by atoms with Crippen LogP contribution in [-0.2, 0) is 0 Å². The highest BCUT2D eigenvalue weighted by atomic mass is 79.9. The Hall–Kier alpha value is -1.07. The van der Waals surface area contributed by atoms with Crippen LogP contribution < -0.4 is 11.1 Å². The van der Waals surface area contributed by atoms with E-state index < -0.39 is 0 Å². The number of nitrogens with one attached hydrogen (secondary N) is 1. The highest BCUT2D eigenvalue weighted by molar-refractivity contribution is 9.10. The summed E-state index contributed by atoms with van der Waals surface area (Å²) in [6, 6.07) is 6.02. The lowest BCUT2D eigenvalue weighted by atomic mass is 10.0. The van der Waals surface area contributed by atoms with Gasteiger partial charge in [0.1, 0.15) is 0 Å². The number of hydrogen-bond acceptors (Lipinski definition) is 3. The molecule has 1 fully saturated rings. The predicted octanol–water partition coefficient (Wildman–Crippen LogP) is 3.03. The van der Waals surface area contributed by atoms with Crippen LogP contribution in [0.4, 0.5) is 5.69 Å². The fourth-order valence-electron chi connectivity index (χ4n) is 2.81. The smallest absolute Gasteiger partial charge is 0.253 e. The molecule has 3 N–H and O–H groups in total. The molecule has 0 radical (unpaired) electrons. The number of benzene rings is 1. The number of nitrogen functional groups attached to an aromatic ring is 1. The van der Waals surface area contributed by atoms with Crippen molar-refractivity contribution in [3.63, 3.8) is 0 Å². The lowest BCUT2D eigenvalue weighted by Gasteiger charge is -2.33. The Morgan fingerprint density at radius 3 is 3.00 bits per heavy atom. The normalized spacial score (nSPS) is 19.4. The monoisotopic (exact) mass is 353 g/mol. The summed E-state index contributed by atoms with van der Waals surface area (Å²) < 4.78 is 0.885. The standard InChI is InChI=1S/C16H24BrN3O/c1-12-5-2-3-9-20(12)10-4-8-19-16(21)14-7-6-13(17)11-15(14)18/h6-7,11-12H,2-5,8-10,18H2,1H3,(H,19,21). The van der Waals surface area contributed by atoms with Crippen molar-refractivity contribution < 1.29 is 4.79 Å². The zero-order valence-electron chi connectivity index (χ0n) is 12.6. The van der Waals surface area contributed by atoms with E-state index in [4.69, 9.17) is 5.73 Å². The number of halogens is 1. The van der Waals surface area contributed by atoms with Gasteiger partial charge in [-0.3, -0.25) is 4.79 Å². The Morgan fingerprint density at radius 1 is 1.48 bits per heavy atom. The van der Waals surface area contributed by atoms with E-state index in [-0.39, 0.29) is 5.91 Å². The van der Waals surface area contributed by atoms with Crippen molar-refractivity contribution in [2.75, 3.05) is 25.4 Å². The second-order valence-electron chi connectivity index (χ2n) is 5.72. The van der Waals surface area contributed by atoms with Gasteiger partial charge in [-0.2, -0.15) is 0 Å². The predicted molar refractivity (Wildman–Crippen MR) is 90.4 cm³/mol. The molecule has 1 amide bonds. The van der Waals surface area contributed by atoms with E-state index in [0.717, 1.165) is 17.4 Å². The first-order valence-electron chi connectivity index (χ1n) is 7.65. The van der Waals surface area contributed by atoms with Gasteiger partial charge in [0.05, 0.1) is 5.56 Å². The fraction of sp³-hybridized carbons (Fsp3) is 0.562. The van der Waals surface area contributed by atoms with Crippen LogP contribution in [0, 0.1) is 0 Å². The van der Waals surface area contributed by atoms with Gasteiger partial charge in [0.25, 0.3) is 5.91 Å². The van der Waals surface area contributed by atoms with Crippen molar-refractivity contribution in [1.29, 1.82) is 0 Å². The molecule has 21 heavy (non-hydrogen) atoms. The maximum absolute atomic E-state index is 12.1. The topological polar surface area (TPSA) is 58.4 Å². The Bertz CT molecular complexity index is 492. The van der Waals surface area contributed by atoms with Gasteiger partial charge in [0, 0.05) is 29.3 Å².